The molecule has 0 aliphatic heterocycles. The first-order chi connectivity index (χ1) is 6.60. The molecule has 3 heteroatoms. The van der Waals surface area contributed by atoms with E-state index in [2.05, 4.69) is 37.4 Å². The van der Waals surface area contributed by atoms with Gasteiger partial charge in [-0.05, 0) is 0 Å². The van der Waals surface area contributed by atoms with Crippen LogP contribution in [0, 0.1) is 0 Å². The molecule has 0 saturated carbocycles. The van der Waals surface area contributed by atoms with Crippen LogP contribution in [0.15, 0.2) is 43.5 Å². The van der Waals surface area contributed by atoms with E-state index < -0.39 is 5.97 Å². The third-order valence-electron chi connectivity index (χ3n) is 1.49. The predicted octanol–water partition coefficient (Wildman–Crippen LogP) is 1.38. The van der Waals surface area contributed by atoms with Gasteiger partial charge in [0.2, 0.25) is 0 Å². The molecule has 0 amide bonds. The minimum atomic E-state index is -0.981. The summed E-state index contributed by atoms with van der Waals surface area (Å²) in [5, 5.41) is 7.60. The standard InChI is InChI=1S/C8H7.C3H4O2.Cs/c1-2-8-6-4-3-5-7-8;1-2-3(4)5;/h2,4-7H,1H2;2H,1H2,(H,4,5);. The Morgan fingerprint density at radius 3 is 2.00 bits per heavy atom. The van der Waals surface area contributed by atoms with E-state index in [4.69, 9.17) is 5.11 Å². The van der Waals surface area contributed by atoms with Gasteiger partial charge >= 0.3 is 111 Å². The molecule has 1 rings (SSSR count). The van der Waals surface area contributed by atoms with Gasteiger partial charge in [-0.2, -0.15) is 0 Å². The zero-order chi connectivity index (χ0) is 11.0. The summed E-state index contributed by atoms with van der Waals surface area (Å²) in [6.45, 7) is 6.64. The quantitative estimate of drug-likeness (QED) is 0.838. The summed E-state index contributed by atoms with van der Waals surface area (Å²) in [4.78, 5) is 9.25. The summed E-state index contributed by atoms with van der Waals surface area (Å²) < 4.78 is 1.51. The molecule has 68 valence electrons. The molecule has 0 saturated heterocycles. The molecule has 0 radical (unpaired) electrons. The molecule has 1 N–H and O–H groups in total. The molecule has 0 fully saturated rings. The van der Waals surface area contributed by atoms with Gasteiger partial charge in [-0.3, -0.25) is 0 Å². The monoisotopic (exact) mass is 308 g/mol. The van der Waals surface area contributed by atoms with Crippen molar-refractivity contribution >= 4 is 75.0 Å². The molecule has 0 aliphatic rings. The van der Waals surface area contributed by atoms with Crippen molar-refractivity contribution < 1.29 is 9.90 Å². The molecule has 1 aromatic rings. The van der Waals surface area contributed by atoms with Crippen molar-refractivity contribution in [3.63, 3.8) is 0 Å². The Hall–Kier alpha value is 0.222. The van der Waals surface area contributed by atoms with Crippen LogP contribution in [0.4, 0.5) is 0 Å². The molecule has 0 aromatic heterocycles. The summed E-state index contributed by atoms with van der Waals surface area (Å²) in [7, 11) is 0. The van der Waals surface area contributed by atoms with E-state index >= 15 is 0 Å². The Morgan fingerprint density at radius 2 is 1.71 bits per heavy atom. The van der Waals surface area contributed by atoms with E-state index in [1.807, 2.05) is 6.08 Å². The number of aliphatic carboxylic acids is 1. The van der Waals surface area contributed by atoms with E-state index in [1.54, 1.807) is 0 Å². The van der Waals surface area contributed by atoms with Gasteiger partial charge in [0.1, 0.15) is 0 Å². The molecular formula is C11H11CsO2. The molecule has 14 heavy (non-hydrogen) atoms. The molecular weight excluding hydrogens is 297 g/mol. The van der Waals surface area contributed by atoms with Crippen molar-refractivity contribution in [3.05, 3.63) is 49.1 Å². The third-order valence-corrected chi connectivity index (χ3v) is 3.58. The van der Waals surface area contributed by atoms with Crippen LogP contribution in [0.1, 0.15) is 5.56 Å². The molecule has 1 aromatic carbocycles. The van der Waals surface area contributed by atoms with Crippen LogP contribution in [-0.2, 0) is 4.79 Å². The van der Waals surface area contributed by atoms with Gasteiger partial charge in [0.05, 0.1) is 0 Å². The average molecular weight is 308 g/mol. The SMILES string of the molecule is C=CC(=O)O.C=Cc1cc[c]([Cs])cc1. The van der Waals surface area contributed by atoms with Crippen LogP contribution in [-0.4, -0.2) is 77.0 Å². The van der Waals surface area contributed by atoms with Crippen LogP contribution in [0.3, 0.4) is 0 Å². The number of carbonyl (C=O) groups is 1. The van der Waals surface area contributed by atoms with Crippen molar-refractivity contribution in [1.29, 1.82) is 0 Å². The molecule has 2 nitrogen and oxygen atoms in total. The Kier molecular flexibility index (Phi) is 8.66. The van der Waals surface area contributed by atoms with Crippen molar-refractivity contribution in [3.8, 4) is 0 Å². The van der Waals surface area contributed by atoms with Crippen LogP contribution in [0.2, 0.25) is 0 Å². The fourth-order valence-corrected chi connectivity index (χ4v) is 1.75. The first-order valence-corrected chi connectivity index (χ1v) is 7.28. The van der Waals surface area contributed by atoms with Gasteiger partial charge in [-0.1, -0.05) is 6.58 Å². The van der Waals surface area contributed by atoms with Crippen LogP contribution >= 0.6 is 0 Å². The van der Waals surface area contributed by atoms with Gasteiger partial charge in [0.25, 0.3) is 0 Å². The van der Waals surface area contributed by atoms with Crippen molar-refractivity contribution in [1.82, 2.24) is 0 Å². The molecule has 0 unspecified atom stereocenters. The summed E-state index contributed by atoms with van der Waals surface area (Å²) in [5.41, 5.74) is 1.22. The fraction of sp³-hybridized carbons (Fsp3) is 0. The fourth-order valence-electron chi connectivity index (χ4n) is 0.703. The van der Waals surface area contributed by atoms with Crippen molar-refractivity contribution in [2.24, 2.45) is 0 Å². The van der Waals surface area contributed by atoms with E-state index in [1.165, 1.54) is 2.55 Å². The summed E-state index contributed by atoms with van der Waals surface area (Å²) >= 11 is 0.578. The summed E-state index contributed by atoms with van der Waals surface area (Å²) in [6.07, 6.45) is 2.70. The second-order valence-corrected chi connectivity index (χ2v) is 6.28. The predicted molar refractivity (Wildman–Crippen MR) is 59.8 cm³/mol. The van der Waals surface area contributed by atoms with Crippen LogP contribution in [0.5, 0.6) is 0 Å². The first kappa shape index (κ1) is 14.2. The number of hydrogen-bond donors (Lipinski definition) is 1. The van der Waals surface area contributed by atoms with Crippen molar-refractivity contribution in [2.45, 2.75) is 0 Å². The van der Waals surface area contributed by atoms with Crippen molar-refractivity contribution in [2.75, 3.05) is 0 Å². The maximum absolute atomic E-state index is 9.25. The second kappa shape index (κ2) is 8.52. The number of carboxylic acids is 1. The topological polar surface area (TPSA) is 37.3 Å². The van der Waals surface area contributed by atoms with E-state index in [9.17, 15) is 4.79 Å². The number of carboxylic acid groups (broad SMARTS) is 1. The second-order valence-electron chi connectivity index (χ2n) is 2.66. The normalized spacial score (nSPS) is 8.14. The zero-order valence-corrected chi connectivity index (χ0v) is 14.5. The van der Waals surface area contributed by atoms with Gasteiger partial charge < -0.3 is 5.11 Å². The number of benzene rings is 1. The summed E-state index contributed by atoms with van der Waals surface area (Å²) in [6, 6.07) is 8.59. The molecule has 0 heterocycles. The number of hydrogen-bond acceptors (Lipinski definition) is 1. The Balaban J connectivity index is 0.000000292. The average Bonchev–Trinajstić information content (AvgIpc) is 2.20. The van der Waals surface area contributed by atoms with Crippen LogP contribution in [0.25, 0.3) is 6.08 Å². The number of rotatable bonds is 2. The van der Waals surface area contributed by atoms with E-state index in [-0.39, 0.29) is 0 Å². The molecule has 0 aliphatic carbocycles. The Labute approximate surface area is 131 Å². The van der Waals surface area contributed by atoms with Crippen LogP contribution < -0.4 is -3.01 Å². The maximum atomic E-state index is 9.25. The Bertz CT molecular complexity index is 315. The van der Waals surface area contributed by atoms with Gasteiger partial charge in [-0.25, -0.2) is 4.79 Å². The third kappa shape index (κ3) is 7.61. The van der Waals surface area contributed by atoms with Gasteiger partial charge in [0.15, 0.2) is 0 Å². The summed E-state index contributed by atoms with van der Waals surface area (Å²) in [5.74, 6) is -0.981. The van der Waals surface area contributed by atoms with Gasteiger partial charge in [0, 0.05) is 6.08 Å². The first-order valence-electron chi connectivity index (χ1n) is 4.14. The minimum absolute atomic E-state index is 0.578. The van der Waals surface area contributed by atoms with E-state index in [0.29, 0.717) is 65.9 Å². The van der Waals surface area contributed by atoms with Gasteiger partial charge in [-0.15, -0.1) is 0 Å². The molecule has 0 bridgehead atoms. The molecule has 0 spiro atoms. The van der Waals surface area contributed by atoms with E-state index in [0.717, 1.165) is 6.08 Å². The Morgan fingerprint density at radius 1 is 1.29 bits per heavy atom. The zero-order valence-electron chi connectivity index (χ0n) is 8.23. The molecule has 0 atom stereocenters.